The van der Waals surface area contributed by atoms with Crippen molar-refractivity contribution in [2.75, 3.05) is 71.5 Å². The molecule has 3 fully saturated rings. The van der Waals surface area contributed by atoms with Gasteiger partial charge in [0.2, 0.25) is 0 Å². The number of rotatable bonds is 4. The number of nitrogens with one attached hydrogen (secondary N) is 1. The number of likely N-dealkylation sites (N-methyl/N-ethyl adjacent to an activating group) is 1. The Kier molecular flexibility index (Phi) is 7.36. The van der Waals surface area contributed by atoms with E-state index >= 15 is 0 Å². The first-order chi connectivity index (χ1) is 14.7. The summed E-state index contributed by atoms with van der Waals surface area (Å²) in [7, 11) is 4.01. The molecule has 4 rings (SSSR count). The molecule has 2 unspecified atom stereocenters. The second-order valence-corrected chi connectivity index (χ2v) is 8.74. The van der Waals surface area contributed by atoms with Gasteiger partial charge in [0.05, 0.1) is 12.7 Å². The van der Waals surface area contributed by atoms with Crippen molar-refractivity contribution in [3.8, 4) is 0 Å². The van der Waals surface area contributed by atoms with Crippen molar-refractivity contribution in [2.24, 2.45) is 4.99 Å². The fraction of sp³-hybridized carbons (Fsp3) is 0.682. The molecular weight excluding hydrogens is 402 g/mol. The first kappa shape index (κ1) is 21.7. The molecule has 3 aliphatic heterocycles. The van der Waals surface area contributed by atoms with E-state index in [1.165, 1.54) is 5.69 Å². The number of guanidine groups is 1. The Bertz CT molecular complexity index is 732. The third-order valence-corrected chi connectivity index (χ3v) is 6.70. The van der Waals surface area contributed by atoms with Crippen LogP contribution in [0.4, 0.5) is 5.69 Å². The molecule has 166 valence electrons. The number of morpholine rings is 1. The van der Waals surface area contributed by atoms with E-state index in [0.717, 1.165) is 75.3 Å². The molecule has 8 heteroatoms. The first-order valence-corrected chi connectivity index (χ1v) is 11.4. The molecule has 1 N–H and O–H groups in total. The topological polar surface area (TPSA) is 52.6 Å². The number of nitrogens with zero attached hydrogens (tertiary/aromatic N) is 4. The molecule has 0 aliphatic carbocycles. The van der Waals surface area contributed by atoms with Crippen molar-refractivity contribution in [1.29, 1.82) is 0 Å². The Hall–Kier alpha value is -1.54. The molecule has 1 aromatic carbocycles. The number of piperazine rings is 1. The lowest BCUT2D eigenvalue weighted by molar-refractivity contribution is -0.0817. The molecular formula is C22H34ClN5O2. The van der Waals surface area contributed by atoms with Crippen LogP contribution in [-0.2, 0) is 16.0 Å². The van der Waals surface area contributed by atoms with Crippen molar-refractivity contribution in [3.63, 3.8) is 0 Å². The van der Waals surface area contributed by atoms with Gasteiger partial charge in [-0.25, -0.2) is 0 Å². The third-order valence-electron chi connectivity index (χ3n) is 6.35. The van der Waals surface area contributed by atoms with Crippen LogP contribution >= 0.6 is 11.6 Å². The molecule has 1 aromatic rings. The molecule has 0 amide bonds. The fourth-order valence-corrected chi connectivity index (χ4v) is 4.79. The zero-order valence-electron chi connectivity index (χ0n) is 18.1. The fourth-order valence-electron chi connectivity index (χ4n) is 4.55. The summed E-state index contributed by atoms with van der Waals surface area (Å²) in [5, 5.41) is 4.35. The van der Waals surface area contributed by atoms with Crippen LogP contribution in [0, 0.1) is 0 Å². The first-order valence-electron chi connectivity index (χ1n) is 11.1. The highest BCUT2D eigenvalue weighted by atomic mass is 35.5. The average molecular weight is 436 g/mol. The van der Waals surface area contributed by atoms with E-state index in [1.807, 2.05) is 19.2 Å². The summed E-state index contributed by atoms with van der Waals surface area (Å²) in [4.78, 5) is 11.6. The van der Waals surface area contributed by atoms with Gasteiger partial charge in [0.1, 0.15) is 6.10 Å². The van der Waals surface area contributed by atoms with Gasteiger partial charge in [0.15, 0.2) is 5.96 Å². The molecule has 0 radical (unpaired) electrons. The second kappa shape index (κ2) is 10.2. The van der Waals surface area contributed by atoms with Crippen molar-refractivity contribution in [1.82, 2.24) is 15.1 Å². The summed E-state index contributed by atoms with van der Waals surface area (Å²) in [6.45, 7) is 8.00. The summed E-state index contributed by atoms with van der Waals surface area (Å²) < 4.78 is 11.8. The predicted octanol–water partition coefficient (Wildman–Crippen LogP) is 2.05. The Morgan fingerprint density at radius 2 is 1.93 bits per heavy atom. The number of halogens is 1. The molecule has 0 spiro atoms. The highest BCUT2D eigenvalue weighted by Gasteiger charge is 2.32. The highest BCUT2D eigenvalue weighted by Crippen LogP contribution is 2.28. The minimum Gasteiger partial charge on any atom is -0.375 e. The summed E-state index contributed by atoms with van der Waals surface area (Å²) in [5.74, 6) is 0.894. The molecule has 3 heterocycles. The minimum absolute atomic E-state index is 0.112. The van der Waals surface area contributed by atoms with Crippen molar-refractivity contribution in [2.45, 2.75) is 31.6 Å². The van der Waals surface area contributed by atoms with Crippen LogP contribution in [0.3, 0.4) is 0 Å². The monoisotopic (exact) mass is 435 g/mol. The van der Waals surface area contributed by atoms with Crippen molar-refractivity contribution in [3.05, 3.63) is 28.8 Å². The van der Waals surface area contributed by atoms with Crippen LogP contribution in [0.25, 0.3) is 0 Å². The Morgan fingerprint density at radius 1 is 1.13 bits per heavy atom. The second-order valence-electron chi connectivity index (χ2n) is 8.34. The lowest BCUT2D eigenvalue weighted by Crippen LogP contribution is -2.53. The van der Waals surface area contributed by atoms with Gasteiger partial charge in [-0.05, 0) is 32.0 Å². The number of anilines is 1. The number of hydrogen-bond donors (Lipinski definition) is 1. The van der Waals surface area contributed by atoms with Crippen LogP contribution in [0.15, 0.2) is 23.2 Å². The molecule has 0 bridgehead atoms. The van der Waals surface area contributed by atoms with Crippen LogP contribution in [0.1, 0.15) is 18.4 Å². The van der Waals surface area contributed by atoms with E-state index < -0.39 is 0 Å². The van der Waals surface area contributed by atoms with E-state index in [9.17, 15) is 0 Å². The highest BCUT2D eigenvalue weighted by molar-refractivity contribution is 6.31. The normalized spacial score (nSPS) is 26.3. The van der Waals surface area contributed by atoms with Crippen LogP contribution < -0.4 is 10.2 Å². The van der Waals surface area contributed by atoms with E-state index in [1.54, 1.807) is 0 Å². The molecule has 2 atom stereocenters. The zero-order chi connectivity index (χ0) is 20.9. The standard InChI is InChI=1S/C22H34ClN5O2/c1-24-22(28-12-14-30-21(16-28)20-7-4-13-29-20)25-15-17-18(23)5-3-6-19(17)27-10-8-26(2)9-11-27/h3,5-6,20-21H,4,7-16H2,1-2H3,(H,24,25). The van der Waals surface area contributed by atoms with Gasteiger partial charge in [-0.1, -0.05) is 17.7 Å². The number of ether oxygens (including phenoxy) is 2. The number of benzene rings is 1. The largest absolute Gasteiger partial charge is 0.375 e. The van der Waals surface area contributed by atoms with Gasteiger partial charge < -0.3 is 29.5 Å². The Balaban J connectivity index is 1.41. The maximum absolute atomic E-state index is 6.63. The van der Waals surface area contributed by atoms with Gasteiger partial charge in [-0.15, -0.1) is 0 Å². The SMILES string of the molecule is CN=C(NCc1c(Cl)cccc1N1CCN(C)CC1)N1CCOC(C2CCCO2)C1. The summed E-state index contributed by atoms with van der Waals surface area (Å²) in [6, 6.07) is 6.20. The maximum atomic E-state index is 6.63. The number of hydrogen-bond acceptors (Lipinski definition) is 5. The average Bonchev–Trinajstić information content (AvgIpc) is 3.31. The van der Waals surface area contributed by atoms with E-state index in [-0.39, 0.29) is 12.2 Å². The van der Waals surface area contributed by atoms with Crippen LogP contribution in [0.5, 0.6) is 0 Å². The molecule has 3 saturated heterocycles. The molecule has 3 aliphatic rings. The Morgan fingerprint density at radius 3 is 2.67 bits per heavy atom. The minimum atomic E-state index is 0.112. The summed E-state index contributed by atoms with van der Waals surface area (Å²) in [5.41, 5.74) is 2.35. The van der Waals surface area contributed by atoms with Gasteiger partial charge >= 0.3 is 0 Å². The molecule has 0 aromatic heterocycles. The number of aliphatic imine (C=N–C) groups is 1. The van der Waals surface area contributed by atoms with E-state index in [4.69, 9.17) is 21.1 Å². The third kappa shape index (κ3) is 5.02. The molecule has 7 nitrogen and oxygen atoms in total. The maximum Gasteiger partial charge on any atom is 0.194 e. The van der Waals surface area contributed by atoms with Gasteiger partial charge in [-0.3, -0.25) is 4.99 Å². The van der Waals surface area contributed by atoms with Crippen LogP contribution in [-0.4, -0.2) is 94.5 Å². The summed E-state index contributed by atoms with van der Waals surface area (Å²) in [6.07, 6.45) is 2.52. The predicted molar refractivity (Wildman–Crippen MR) is 122 cm³/mol. The van der Waals surface area contributed by atoms with Crippen molar-refractivity contribution < 1.29 is 9.47 Å². The van der Waals surface area contributed by atoms with Gasteiger partial charge in [0.25, 0.3) is 0 Å². The van der Waals surface area contributed by atoms with Crippen LogP contribution in [0.2, 0.25) is 5.02 Å². The lowest BCUT2D eigenvalue weighted by Gasteiger charge is -2.37. The summed E-state index contributed by atoms with van der Waals surface area (Å²) >= 11 is 6.63. The van der Waals surface area contributed by atoms with Gasteiger partial charge in [-0.2, -0.15) is 0 Å². The molecule has 0 saturated carbocycles. The zero-order valence-corrected chi connectivity index (χ0v) is 18.9. The molecule has 30 heavy (non-hydrogen) atoms. The lowest BCUT2D eigenvalue weighted by atomic mass is 10.1. The van der Waals surface area contributed by atoms with E-state index in [0.29, 0.717) is 13.2 Å². The smallest absolute Gasteiger partial charge is 0.194 e. The van der Waals surface area contributed by atoms with Gasteiger partial charge in [0, 0.05) is 75.7 Å². The van der Waals surface area contributed by atoms with E-state index in [2.05, 4.69) is 38.1 Å². The Labute approximate surface area is 185 Å². The quantitative estimate of drug-likeness (QED) is 0.577. The van der Waals surface area contributed by atoms with Crippen molar-refractivity contribution >= 4 is 23.2 Å².